The highest BCUT2D eigenvalue weighted by atomic mass is 32.2. The Morgan fingerprint density at radius 2 is 1.26 bits per heavy atom. The molecule has 4 aromatic carbocycles. The number of hydrogen-bond acceptors (Lipinski definition) is 2. The van der Waals surface area contributed by atoms with Gasteiger partial charge in [-0.2, -0.15) is 0 Å². The molecule has 0 heterocycles. The number of nitrogens with zero attached hydrogens (tertiary/aromatic N) is 1. The summed E-state index contributed by atoms with van der Waals surface area (Å²) >= 11 is 1.48. The first kappa shape index (κ1) is 23.6. The Labute approximate surface area is 207 Å². The van der Waals surface area contributed by atoms with E-state index in [4.69, 9.17) is 0 Å². The van der Waals surface area contributed by atoms with Crippen LogP contribution >= 0.6 is 11.9 Å². The van der Waals surface area contributed by atoms with Crippen LogP contribution in [0.3, 0.4) is 0 Å². The number of aryl methyl sites for hydroxylation is 1. The number of carbonyl (C=O) groups excluding carboxylic acids is 1. The summed E-state index contributed by atoms with van der Waals surface area (Å²) in [4.78, 5) is 14.5. The van der Waals surface area contributed by atoms with Crippen LogP contribution < -0.4 is 4.31 Å². The lowest BCUT2D eigenvalue weighted by atomic mass is 9.96. The Kier molecular flexibility index (Phi) is 8.37. The van der Waals surface area contributed by atoms with Gasteiger partial charge in [0.1, 0.15) is 0 Å². The van der Waals surface area contributed by atoms with Crippen LogP contribution in [0.5, 0.6) is 0 Å². The fourth-order valence-corrected chi connectivity index (χ4v) is 4.69. The molecule has 0 aromatic heterocycles. The van der Waals surface area contributed by atoms with Gasteiger partial charge >= 0.3 is 0 Å². The Balaban J connectivity index is 1.55. The van der Waals surface area contributed by atoms with Gasteiger partial charge in [-0.25, -0.2) is 4.31 Å². The molecule has 0 saturated carbocycles. The van der Waals surface area contributed by atoms with Crippen molar-refractivity contribution in [2.45, 2.75) is 31.1 Å². The number of rotatable bonds is 9. The molecule has 0 aliphatic rings. The molecule has 34 heavy (non-hydrogen) atoms. The Morgan fingerprint density at radius 1 is 0.735 bits per heavy atom. The van der Waals surface area contributed by atoms with Gasteiger partial charge in [0.15, 0.2) is 0 Å². The molecule has 3 heteroatoms. The third-order valence-electron chi connectivity index (χ3n) is 5.62. The highest BCUT2D eigenvalue weighted by Gasteiger charge is 2.17. The van der Waals surface area contributed by atoms with Crippen LogP contribution in [0.4, 0.5) is 5.69 Å². The third-order valence-corrected chi connectivity index (χ3v) is 6.70. The molecule has 0 fully saturated rings. The lowest BCUT2D eigenvalue weighted by Gasteiger charge is -2.22. The first-order valence-corrected chi connectivity index (χ1v) is 12.5. The molecule has 0 aliphatic heterocycles. The minimum Gasteiger partial charge on any atom is -0.274 e. The van der Waals surface area contributed by atoms with Gasteiger partial charge in [-0.1, -0.05) is 104 Å². The summed E-state index contributed by atoms with van der Waals surface area (Å²) in [7, 11) is 0. The average Bonchev–Trinajstić information content (AvgIpc) is 2.91. The minimum absolute atomic E-state index is 0.0924. The van der Waals surface area contributed by atoms with Gasteiger partial charge < -0.3 is 0 Å². The topological polar surface area (TPSA) is 20.3 Å². The number of carbonyl (C=O) groups is 1. The van der Waals surface area contributed by atoms with Crippen molar-refractivity contribution in [2.24, 2.45) is 0 Å². The van der Waals surface area contributed by atoms with E-state index in [9.17, 15) is 4.79 Å². The van der Waals surface area contributed by atoms with Gasteiger partial charge in [-0.05, 0) is 71.3 Å². The smallest absolute Gasteiger partial charge is 0.237 e. The summed E-state index contributed by atoms with van der Waals surface area (Å²) in [5.41, 5.74) is 5.65. The summed E-state index contributed by atoms with van der Waals surface area (Å²) in [6.45, 7) is 2.14. The van der Waals surface area contributed by atoms with Crippen molar-refractivity contribution in [1.82, 2.24) is 0 Å². The Bertz CT molecular complexity index is 1160. The monoisotopic (exact) mass is 463 g/mol. The minimum atomic E-state index is 0.0924. The number of allylic oxidation sites excluding steroid dienone is 1. The van der Waals surface area contributed by atoms with Crippen molar-refractivity contribution in [3.63, 3.8) is 0 Å². The van der Waals surface area contributed by atoms with Crippen molar-refractivity contribution in [3.05, 3.63) is 138 Å². The molecule has 170 valence electrons. The maximum absolute atomic E-state index is 13.4. The maximum atomic E-state index is 13.4. The second-order valence-corrected chi connectivity index (χ2v) is 9.02. The second kappa shape index (κ2) is 12.1. The molecule has 1 amide bonds. The fraction of sp³-hybridized carbons (Fsp3) is 0.129. The highest BCUT2D eigenvalue weighted by molar-refractivity contribution is 8.01. The van der Waals surface area contributed by atoms with Crippen molar-refractivity contribution in [3.8, 4) is 0 Å². The molecule has 0 atom stereocenters. The van der Waals surface area contributed by atoms with Crippen LogP contribution in [0, 0.1) is 0 Å². The van der Waals surface area contributed by atoms with Crippen LogP contribution in [0.2, 0.25) is 0 Å². The van der Waals surface area contributed by atoms with Gasteiger partial charge in [0.25, 0.3) is 0 Å². The van der Waals surface area contributed by atoms with E-state index in [1.807, 2.05) is 58.9 Å². The van der Waals surface area contributed by atoms with Crippen molar-refractivity contribution >= 4 is 29.1 Å². The van der Waals surface area contributed by atoms with E-state index in [1.165, 1.54) is 17.5 Å². The molecule has 0 bridgehead atoms. The number of anilines is 1. The molecule has 0 spiro atoms. The molecule has 4 rings (SSSR count). The Morgan fingerprint density at radius 3 is 1.79 bits per heavy atom. The standard InChI is InChI=1S/C31H29NOS/c1-2-25-21-23-28(24-22-25)32(34-29-17-10-5-11-18-29)31(33)20-12-19-30(26-13-6-3-7-14-26)27-15-8-4-9-16-27/h3-11,13-19,21-24H,2,12,20H2,1H3. The number of benzene rings is 4. The van der Waals surface area contributed by atoms with Crippen LogP contribution in [0.25, 0.3) is 5.57 Å². The SMILES string of the molecule is CCc1ccc(N(Sc2ccccc2)C(=O)CCC=C(c2ccccc2)c2ccccc2)cc1. The largest absolute Gasteiger partial charge is 0.274 e. The molecular weight excluding hydrogens is 434 g/mol. The summed E-state index contributed by atoms with van der Waals surface area (Å²) in [6.07, 6.45) is 4.26. The van der Waals surface area contributed by atoms with Crippen LogP contribution in [0.1, 0.15) is 36.5 Å². The van der Waals surface area contributed by atoms with Crippen LogP contribution in [-0.2, 0) is 11.2 Å². The number of hydrogen-bond donors (Lipinski definition) is 0. The van der Waals surface area contributed by atoms with E-state index in [1.54, 1.807) is 0 Å². The first-order valence-electron chi connectivity index (χ1n) is 11.7. The van der Waals surface area contributed by atoms with Gasteiger partial charge in [0.05, 0.1) is 5.69 Å². The van der Waals surface area contributed by atoms with Gasteiger partial charge in [0, 0.05) is 11.3 Å². The van der Waals surface area contributed by atoms with Gasteiger partial charge in [0.2, 0.25) is 5.91 Å². The lowest BCUT2D eigenvalue weighted by molar-refractivity contribution is -0.117. The molecular formula is C31H29NOS. The van der Waals surface area contributed by atoms with E-state index >= 15 is 0 Å². The van der Waals surface area contributed by atoms with E-state index in [2.05, 4.69) is 73.7 Å². The zero-order chi connectivity index (χ0) is 23.6. The molecule has 0 unspecified atom stereocenters. The normalized spacial score (nSPS) is 10.5. The predicted octanol–water partition coefficient (Wildman–Crippen LogP) is 8.20. The summed E-state index contributed by atoms with van der Waals surface area (Å²) in [5.74, 6) is 0.0924. The molecule has 0 radical (unpaired) electrons. The molecule has 0 N–H and O–H groups in total. The van der Waals surface area contributed by atoms with Crippen molar-refractivity contribution in [2.75, 3.05) is 4.31 Å². The van der Waals surface area contributed by atoms with E-state index in [0.717, 1.165) is 33.7 Å². The second-order valence-electron chi connectivity index (χ2n) is 8.00. The zero-order valence-corrected chi connectivity index (χ0v) is 20.2. The summed E-state index contributed by atoms with van der Waals surface area (Å²) < 4.78 is 1.83. The average molecular weight is 464 g/mol. The van der Waals surface area contributed by atoms with Crippen molar-refractivity contribution in [1.29, 1.82) is 0 Å². The fourth-order valence-electron chi connectivity index (χ4n) is 3.78. The lowest BCUT2D eigenvalue weighted by Crippen LogP contribution is -2.23. The maximum Gasteiger partial charge on any atom is 0.237 e. The van der Waals surface area contributed by atoms with E-state index < -0.39 is 0 Å². The summed E-state index contributed by atoms with van der Waals surface area (Å²) in [5, 5.41) is 0. The summed E-state index contributed by atoms with van der Waals surface area (Å²) in [6, 6.07) is 39.1. The molecule has 0 aliphatic carbocycles. The van der Waals surface area contributed by atoms with E-state index in [-0.39, 0.29) is 5.91 Å². The quantitative estimate of drug-likeness (QED) is 0.233. The molecule has 4 aromatic rings. The van der Waals surface area contributed by atoms with Gasteiger partial charge in [-0.15, -0.1) is 0 Å². The molecule has 2 nitrogen and oxygen atoms in total. The van der Waals surface area contributed by atoms with Crippen LogP contribution in [-0.4, -0.2) is 5.91 Å². The van der Waals surface area contributed by atoms with E-state index in [0.29, 0.717) is 12.8 Å². The van der Waals surface area contributed by atoms with Crippen LogP contribution in [0.15, 0.2) is 126 Å². The predicted molar refractivity (Wildman–Crippen MR) is 145 cm³/mol. The highest BCUT2D eigenvalue weighted by Crippen LogP contribution is 2.31. The van der Waals surface area contributed by atoms with Crippen molar-refractivity contribution < 1.29 is 4.79 Å². The first-order chi connectivity index (χ1) is 16.7. The van der Waals surface area contributed by atoms with Gasteiger partial charge in [-0.3, -0.25) is 4.79 Å². The third kappa shape index (κ3) is 6.27. The molecule has 0 saturated heterocycles. The zero-order valence-electron chi connectivity index (χ0n) is 19.4. The Hall–Kier alpha value is -3.56. The number of amides is 1.